The molecule has 1 atom stereocenters. The Hall–Kier alpha value is -1.26. The Balaban J connectivity index is 0.00000144. The topological polar surface area (TPSA) is 47.6 Å². The van der Waals surface area contributed by atoms with E-state index in [-0.39, 0.29) is 24.5 Å². The average molecular weight is 258 g/mol. The largest absolute Gasteiger partial charge is 0.489 e. The SMILES string of the molecule is COC(=O)c1ccc(OC2CCNC2)cc1.Cl. The first-order valence-electron chi connectivity index (χ1n) is 5.35. The Bertz CT molecular complexity index is 361. The van der Waals surface area contributed by atoms with E-state index >= 15 is 0 Å². The number of benzene rings is 1. The number of carbonyl (C=O) groups excluding carboxylic acids is 1. The highest BCUT2D eigenvalue weighted by molar-refractivity contribution is 5.89. The quantitative estimate of drug-likeness (QED) is 0.837. The molecule has 1 N–H and O–H groups in total. The van der Waals surface area contributed by atoms with E-state index in [0.717, 1.165) is 25.3 Å². The molecule has 2 rings (SSSR count). The van der Waals surface area contributed by atoms with Gasteiger partial charge in [0.05, 0.1) is 12.7 Å². The van der Waals surface area contributed by atoms with E-state index in [9.17, 15) is 4.79 Å². The molecular formula is C12H16ClNO3. The van der Waals surface area contributed by atoms with Crippen molar-refractivity contribution in [2.24, 2.45) is 0 Å². The second-order valence-electron chi connectivity index (χ2n) is 3.75. The van der Waals surface area contributed by atoms with Crippen molar-refractivity contribution in [2.45, 2.75) is 12.5 Å². The fraction of sp³-hybridized carbons (Fsp3) is 0.417. The van der Waals surface area contributed by atoms with E-state index in [0.29, 0.717) is 5.56 Å². The molecular weight excluding hydrogens is 242 g/mol. The molecule has 0 bridgehead atoms. The molecule has 0 saturated carbocycles. The highest BCUT2D eigenvalue weighted by atomic mass is 35.5. The number of methoxy groups -OCH3 is 1. The number of carbonyl (C=O) groups is 1. The maximum Gasteiger partial charge on any atom is 0.337 e. The molecule has 4 nitrogen and oxygen atoms in total. The van der Waals surface area contributed by atoms with E-state index in [4.69, 9.17) is 4.74 Å². The molecule has 1 saturated heterocycles. The van der Waals surface area contributed by atoms with Crippen molar-refractivity contribution in [1.29, 1.82) is 0 Å². The molecule has 0 spiro atoms. The van der Waals surface area contributed by atoms with Gasteiger partial charge in [-0.25, -0.2) is 4.79 Å². The summed E-state index contributed by atoms with van der Waals surface area (Å²) in [5.74, 6) is 0.468. The molecule has 0 amide bonds. The Kier molecular flexibility index (Phi) is 5.25. The summed E-state index contributed by atoms with van der Waals surface area (Å²) in [6, 6.07) is 7.02. The standard InChI is InChI=1S/C12H15NO3.ClH/c1-15-12(14)9-2-4-10(5-3-9)16-11-6-7-13-8-11;/h2-5,11,13H,6-8H2,1H3;1H. The van der Waals surface area contributed by atoms with Gasteiger partial charge in [-0.05, 0) is 37.2 Å². The van der Waals surface area contributed by atoms with Crippen LogP contribution in [0.4, 0.5) is 0 Å². The molecule has 5 heteroatoms. The number of hydrogen-bond donors (Lipinski definition) is 1. The van der Waals surface area contributed by atoms with E-state index < -0.39 is 0 Å². The van der Waals surface area contributed by atoms with E-state index in [1.165, 1.54) is 7.11 Å². The lowest BCUT2D eigenvalue weighted by atomic mass is 10.2. The van der Waals surface area contributed by atoms with Crippen LogP contribution in [0.1, 0.15) is 16.8 Å². The zero-order valence-corrected chi connectivity index (χ0v) is 10.5. The first kappa shape index (κ1) is 13.8. The average Bonchev–Trinajstić information content (AvgIpc) is 2.82. The fourth-order valence-corrected chi connectivity index (χ4v) is 1.71. The zero-order chi connectivity index (χ0) is 11.4. The molecule has 1 heterocycles. The lowest BCUT2D eigenvalue weighted by Gasteiger charge is -2.12. The molecule has 1 aliphatic heterocycles. The number of nitrogens with one attached hydrogen (secondary N) is 1. The minimum atomic E-state index is -0.325. The van der Waals surface area contributed by atoms with Gasteiger partial charge in [0.1, 0.15) is 11.9 Å². The molecule has 1 aromatic rings. The van der Waals surface area contributed by atoms with Gasteiger partial charge in [-0.1, -0.05) is 0 Å². The van der Waals surface area contributed by atoms with E-state index in [1.807, 2.05) is 0 Å². The van der Waals surface area contributed by atoms with Gasteiger partial charge >= 0.3 is 5.97 Å². The summed E-state index contributed by atoms with van der Waals surface area (Å²) < 4.78 is 10.3. The lowest BCUT2D eigenvalue weighted by Crippen LogP contribution is -2.19. The first-order valence-corrected chi connectivity index (χ1v) is 5.35. The minimum Gasteiger partial charge on any atom is -0.489 e. The van der Waals surface area contributed by atoms with Crippen molar-refractivity contribution in [1.82, 2.24) is 5.32 Å². The van der Waals surface area contributed by atoms with Gasteiger partial charge in [-0.15, -0.1) is 12.4 Å². The predicted octanol–water partition coefficient (Wildman–Crippen LogP) is 1.64. The van der Waals surface area contributed by atoms with Crippen molar-refractivity contribution >= 4 is 18.4 Å². The summed E-state index contributed by atoms with van der Waals surface area (Å²) in [5.41, 5.74) is 0.541. The van der Waals surface area contributed by atoms with Gasteiger partial charge in [-0.2, -0.15) is 0 Å². The van der Waals surface area contributed by atoms with Crippen LogP contribution in [0.3, 0.4) is 0 Å². The molecule has 0 aliphatic carbocycles. The second-order valence-corrected chi connectivity index (χ2v) is 3.75. The fourth-order valence-electron chi connectivity index (χ4n) is 1.71. The zero-order valence-electron chi connectivity index (χ0n) is 9.64. The van der Waals surface area contributed by atoms with Crippen LogP contribution in [-0.4, -0.2) is 32.3 Å². The smallest absolute Gasteiger partial charge is 0.337 e. The Morgan fingerprint density at radius 3 is 2.59 bits per heavy atom. The van der Waals surface area contributed by atoms with Crippen LogP contribution >= 0.6 is 12.4 Å². The van der Waals surface area contributed by atoms with Gasteiger partial charge in [0.2, 0.25) is 0 Å². The van der Waals surface area contributed by atoms with Gasteiger partial charge in [0, 0.05) is 6.54 Å². The maximum atomic E-state index is 11.2. The monoisotopic (exact) mass is 257 g/mol. The molecule has 1 fully saturated rings. The van der Waals surface area contributed by atoms with Crippen LogP contribution in [-0.2, 0) is 4.74 Å². The molecule has 1 aromatic carbocycles. The second kappa shape index (κ2) is 6.47. The number of esters is 1. The molecule has 0 aromatic heterocycles. The van der Waals surface area contributed by atoms with Crippen LogP contribution in [0.25, 0.3) is 0 Å². The third-order valence-electron chi connectivity index (χ3n) is 2.59. The predicted molar refractivity (Wildman–Crippen MR) is 66.9 cm³/mol. The first-order chi connectivity index (χ1) is 7.79. The minimum absolute atomic E-state index is 0. The Morgan fingerprint density at radius 2 is 2.06 bits per heavy atom. The maximum absolute atomic E-state index is 11.2. The van der Waals surface area contributed by atoms with Crippen LogP contribution in [0.2, 0.25) is 0 Å². The van der Waals surface area contributed by atoms with Crippen LogP contribution < -0.4 is 10.1 Å². The molecule has 1 aliphatic rings. The Morgan fingerprint density at radius 1 is 1.35 bits per heavy atom. The van der Waals surface area contributed by atoms with Gasteiger partial charge < -0.3 is 14.8 Å². The van der Waals surface area contributed by atoms with Gasteiger partial charge in [-0.3, -0.25) is 0 Å². The van der Waals surface area contributed by atoms with Crippen LogP contribution in [0.5, 0.6) is 5.75 Å². The molecule has 1 unspecified atom stereocenters. The van der Waals surface area contributed by atoms with Crippen molar-refractivity contribution in [3.05, 3.63) is 29.8 Å². The molecule has 0 radical (unpaired) electrons. The normalized spacial score (nSPS) is 18.3. The van der Waals surface area contributed by atoms with Gasteiger partial charge in [0.25, 0.3) is 0 Å². The van der Waals surface area contributed by atoms with Crippen molar-refractivity contribution in [3.8, 4) is 5.75 Å². The third-order valence-corrected chi connectivity index (χ3v) is 2.59. The lowest BCUT2D eigenvalue weighted by molar-refractivity contribution is 0.0600. The number of halogens is 1. The van der Waals surface area contributed by atoms with Crippen molar-refractivity contribution in [3.63, 3.8) is 0 Å². The summed E-state index contributed by atoms with van der Waals surface area (Å²) in [7, 11) is 1.37. The molecule has 17 heavy (non-hydrogen) atoms. The van der Waals surface area contributed by atoms with Crippen molar-refractivity contribution in [2.75, 3.05) is 20.2 Å². The Labute approximate surface area is 107 Å². The molecule has 94 valence electrons. The highest BCUT2D eigenvalue weighted by Crippen LogP contribution is 2.16. The summed E-state index contributed by atoms with van der Waals surface area (Å²) in [6.07, 6.45) is 1.27. The number of rotatable bonds is 3. The third kappa shape index (κ3) is 3.61. The van der Waals surface area contributed by atoms with Crippen LogP contribution in [0, 0.1) is 0 Å². The summed E-state index contributed by atoms with van der Waals surface area (Å²) in [4.78, 5) is 11.2. The number of hydrogen-bond acceptors (Lipinski definition) is 4. The number of ether oxygens (including phenoxy) is 2. The highest BCUT2D eigenvalue weighted by Gasteiger charge is 2.15. The summed E-state index contributed by atoms with van der Waals surface area (Å²) >= 11 is 0. The van der Waals surface area contributed by atoms with Gasteiger partial charge in [0.15, 0.2) is 0 Å². The van der Waals surface area contributed by atoms with E-state index in [2.05, 4.69) is 10.1 Å². The van der Waals surface area contributed by atoms with Crippen LogP contribution in [0.15, 0.2) is 24.3 Å². The van der Waals surface area contributed by atoms with E-state index in [1.54, 1.807) is 24.3 Å². The van der Waals surface area contributed by atoms with Crippen molar-refractivity contribution < 1.29 is 14.3 Å². The summed E-state index contributed by atoms with van der Waals surface area (Å²) in [6.45, 7) is 1.89. The summed E-state index contributed by atoms with van der Waals surface area (Å²) in [5, 5.41) is 3.23.